The number of carboxylic acids is 1. The molecule has 2 rings (SSSR count). The highest BCUT2D eigenvalue weighted by atomic mass is 19.4. The summed E-state index contributed by atoms with van der Waals surface area (Å²) in [6.45, 7) is 0. The van der Waals surface area contributed by atoms with Crippen LogP contribution in [0.1, 0.15) is 20.7 Å². The van der Waals surface area contributed by atoms with E-state index in [9.17, 15) is 22.8 Å². The van der Waals surface area contributed by atoms with Gasteiger partial charge in [0.2, 0.25) is 0 Å². The number of amides is 1. The fourth-order valence-electron chi connectivity index (χ4n) is 1.96. The standard InChI is InChI=1S/C16H12F3NO5/c1-24-13-7-2-9(8-12(13)15(22)23)14(21)20-10-3-5-11(6-4-10)25-16(17,18)19/h2-8H,1H3,(H,20,21)(H,22,23). The van der Waals surface area contributed by atoms with Crippen LogP contribution in [0.3, 0.4) is 0 Å². The van der Waals surface area contributed by atoms with Crippen molar-refractivity contribution in [1.29, 1.82) is 0 Å². The number of hydrogen-bond acceptors (Lipinski definition) is 4. The fraction of sp³-hybridized carbons (Fsp3) is 0.125. The van der Waals surface area contributed by atoms with Gasteiger partial charge in [0.1, 0.15) is 17.1 Å². The number of carbonyl (C=O) groups excluding carboxylic acids is 1. The zero-order valence-electron chi connectivity index (χ0n) is 12.8. The molecule has 6 nitrogen and oxygen atoms in total. The highest BCUT2D eigenvalue weighted by molar-refractivity contribution is 6.06. The van der Waals surface area contributed by atoms with E-state index >= 15 is 0 Å². The molecule has 25 heavy (non-hydrogen) atoms. The number of anilines is 1. The van der Waals surface area contributed by atoms with Crippen molar-refractivity contribution in [3.63, 3.8) is 0 Å². The molecular weight excluding hydrogens is 343 g/mol. The van der Waals surface area contributed by atoms with Crippen molar-refractivity contribution in [1.82, 2.24) is 0 Å². The lowest BCUT2D eigenvalue weighted by Gasteiger charge is -2.11. The van der Waals surface area contributed by atoms with Gasteiger partial charge in [-0.25, -0.2) is 4.79 Å². The minimum atomic E-state index is -4.80. The summed E-state index contributed by atoms with van der Waals surface area (Å²) in [5.41, 5.74) is 0.0742. The molecule has 9 heteroatoms. The minimum absolute atomic E-state index is 0.0498. The molecule has 2 N–H and O–H groups in total. The van der Waals surface area contributed by atoms with Crippen LogP contribution in [0.2, 0.25) is 0 Å². The summed E-state index contributed by atoms with van der Waals surface area (Å²) in [6.07, 6.45) is -4.80. The quantitative estimate of drug-likeness (QED) is 0.857. The van der Waals surface area contributed by atoms with Gasteiger partial charge >= 0.3 is 12.3 Å². The molecule has 0 atom stereocenters. The van der Waals surface area contributed by atoms with Gasteiger partial charge in [-0.1, -0.05) is 0 Å². The van der Waals surface area contributed by atoms with Crippen LogP contribution in [0.25, 0.3) is 0 Å². The number of nitrogens with one attached hydrogen (secondary N) is 1. The summed E-state index contributed by atoms with van der Waals surface area (Å²) < 4.78 is 44.9. The average molecular weight is 355 g/mol. The van der Waals surface area contributed by atoms with Gasteiger partial charge in [-0.05, 0) is 42.5 Å². The highest BCUT2D eigenvalue weighted by Crippen LogP contribution is 2.25. The summed E-state index contributed by atoms with van der Waals surface area (Å²) in [5.74, 6) is -2.23. The van der Waals surface area contributed by atoms with Crippen molar-refractivity contribution in [3.05, 3.63) is 53.6 Å². The van der Waals surface area contributed by atoms with Crippen LogP contribution in [-0.2, 0) is 0 Å². The largest absolute Gasteiger partial charge is 0.573 e. The number of carbonyl (C=O) groups is 2. The lowest BCUT2D eigenvalue weighted by molar-refractivity contribution is -0.274. The Bertz CT molecular complexity index is 787. The second kappa shape index (κ2) is 7.12. The summed E-state index contributed by atoms with van der Waals surface area (Å²) in [7, 11) is 1.30. The second-order valence-corrected chi connectivity index (χ2v) is 4.75. The number of ether oxygens (including phenoxy) is 2. The number of rotatable bonds is 5. The van der Waals surface area contributed by atoms with Crippen LogP contribution in [0.4, 0.5) is 18.9 Å². The van der Waals surface area contributed by atoms with Gasteiger partial charge in [0, 0.05) is 11.3 Å². The number of alkyl halides is 3. The monoisotopic (exact) mass is 355 g/mol. The molecule has 2 aromatic carbocycles. The van der Waals surface area contributed by atoms with Gasteiger partial charge in [-0.2, -0.15) is 0 Å². The predicted molar refractivity (Wildman–Crippen MR) is 81.0 cm³/mol. The van der Waals surface area contributed by atoms with Crippen molar-refractivity contribution < 1.29 is 37.3 Å². The topological polar surface area (TPSA) is 84.9 Å². The Balaban J connectivity index is 2.14. The number of aromatic carboxylic acids is 1. The van der Waals surface area contributed by atoms with Gasteiger partial charge < -0.3 is 19.9 Å². The van der Waals surface area contributed by atoms with Crippen LogP contribution < -0.4 is 14.8 Å². The molecular formula is C16H12F3NO5. The molecule has 0 fully saturated rings. The Morgan fingerprint density at radius 2 is 1.72 bits per heavy atom. The van der Waals surface area contributed by atoms with E-state index in [2.05, 4.69) is 10.1 Å². The smallest absolute Gasteiger partial charge is 0.496 e. The van der Waals surface area contributed by atoms with Crippen molar-refractivity contribution in [3.8, 4) is 11.5 Å². The molecule has 0 saturated heterocycles. The highest BCUT2D eigenvalue weighted by Gasteiger charge is 2.31. The van der Waals surface area contributed by atoms with E-state index in [0.29, 0.717) is 0 Å². The van der Waals surface area contributed by atoms with Gasteiger partial charge in [-0.15, -0.1) is 13.2 Å². The van der Waals surface area contributed by atoms with E-state index in [-0.39, 0.29) is 22.6 Å². The van der Waals surface area contributed by atoms with Crippen molar-refractivity contribution in [2.75, 3.05) is 12.4 Å². The maximum absolute atomic E-state index is 12.1. The van der Waals surface area contributed by atoms with Gasteiger partial charge in [-0.3, -0.25) is 4.79 Å². The average Bonchev–Trinajstić information content (AvgIpc) is 2.54. The minimum Gasteiger partial charge on any atom is -0.496 e. The summed E-state index contributed by atoms with van der Waals surface area (Å²) >= 11 is 0. The van der Waals surface area contributed by atoms with E-state index in [1.807, 2.05) is 0 Å². The van der Waals surface area contributed by atoms with Crippen LogP contribution in [0, 0.1) is 0 Å². The molecule has 0 radical (unpaired) electrons. The first-order chi connectivity index (χ1) is 11.7. The van der Waals surface area contributed by atoms with Crippen molar-refractivity contribution in [2.45, 2.75) is 6.36 Å². The molecule has 0 saturated carbocycles. The van der Waals surface area contributed by atoms with Crippen molar-refractivity contribution >= 4 is 17.6 Å². The Morgan fingerprint density at radius 1 is 1.08 bits per heavy atom. The Hall–Kier alpha value is -3.23. The van der Waals surface area contributed by atoms with Crippen LogP contribution in [0.5, 0.6) is 11.5 Å². The SMILES string of the molecule is COc1ccc(C(=O)Nc2ccc(OC(F)(F)F)cc2)cc1C(=O)O. The molecule has 0 spiro atoms. The first kappa shape index (κ1) is 18.1. The van der Waals surface area contributed by atoms with Gasteiger partial charge in [0.15, 0.2) is 0 Å². The van der Waals surface area contributed by atoms with Gasteiger partial charge in [0.25, 0.3) is 5.91 Å². The lowest BCUT2D eigenvalue weighted by Crippen LogP contribution is -2.17. The molecule has 0 aliphatic rings. The molecule has 0 bridgehead atoms. The van der Waals surface area contributed by atoms with Crippen LogP contribution in [-0.4, -0.2) is 30.5 Å². The first-order valence-electron chi connectivity index (χ1n) is 6.78. The number of carboxylic acid groups (broad SMARTS) is 1. The fourth-order valence-corrected chi connectivity index (χ4v) is 1.96. The third kappa shape index (κ3) is 4.87. The second-order valence-electron chi connectivity index (χ2n) is 4.75. The summed E-state index contributed by atoms with van der Waals surface area (Å²) in [5, 5.41) is 11.5. The van der Waals surface area contributed by atoms with Crippen molar-refractivity contribution in [2.24, 2.45) is 0 Å². The van der Waals surface area contributed by atoms with E-state index in [1.165, 1.54) is 31.4 Å². The van der Waals surface area contributed by atoms with E-state index in [0.717, 1.165) is 18.2 Å². The van der Waals surface area contributed by atoms with E-state index < -0.39 is 24.0 Å². The predicted octanol–water partition coefficient (Wildman–Crippen LogP) is 3.54. The summed E-state index contributed by atoms with van der Waals surface area (Å²) in [4.78, 5) is 23.3. The molecule has 1 amide bonds. The molecule has 132 valence electrons. The van der Waals surface area contributed by atoms with Crippen LogP contribution >= 0.6 is 0 Å². The van der Waals surface area contributed by atoms with E-state index in [1.54, 1.807) is 0 Å². The van der Waals surface area contributed by atoms with E-state index in [4.69, 9.17) is 9.84 Å². The maximum atomic E-state index is 12.1. The molecule has 0 aliphatic carbocycles. The zero-order valence-corrected chi connectivity index (χ0v) is 12.8. The third-order valence-electron chi connectivity index (χ3n) is 3.04. The lowest BCUT2D eigenvalue weighted by atomic mass is 10.1. The number of hydrogen-bond donors (Lipinski definition) is 2. The molecule has 0 heterocycles. The third-order valence-corrected chi connectivity index (χ3v) is 3.04. The molecule has 0 unspecified atom stereocenters. The Kier molecular flexibility index (Phi) is 5.16. The number of halogens is 3. The van der Waals surface area contributed by atoms with Crippen LogP contribution in [0.15, 0.2) is 42.5 Å². The zero-order chi connectivity index (χ0) is 18.6. The molecule has 2 aromatic rings. The Morgan fingerprint density at radius 3 is 2.24 bits per heavy atom. The van der Waals surface area contributed by atoms with Gasteiger partial charge in [0.05, 0.1) is 7.11 Å². The maximum Gasteiger partial charge on any atom is 0.573 e. The molecule has 0 aliphatic heterocycles. The first-order valence-corrected chi connectivity index (χ1v) is 6.78. The number of benzene rings is 2. The number of methoxy groups -OCH3 is 1. The normalized spacial score (nSPS) is 10.9. The summed E-state index contributed by atoms with van der Waals surface area (Å²) in [6, 6.07) is 8.36. The molecule has 0 aromatic heterocycles. The Labute approximate surface area is 139 Å².